The minimum Gasteiger partial charge on any atom is -0.477 e. The summed E-state index contributed by atoms with van der Waals surface area (Å²) in [5, 5.41) is 19.4. The van der Waals surface area contributed by atoms with Gasteiger partial charge in [-0.25, -0.2) is 4.79 Å². The standard InChI is InChI=1S/C12H10N2O4.C2H6/c15-12(16)11-2-1-7-13(11)8-9-3-5-10(6-4-9)14(17)18;1-2/h1-7H,8H2,(H,15,16);1-2H3. The van der Waals surface area contributed by atoms with Crippen molar-refractivity contribution in [1.29, 1.82) is 0 Å². The lowest BCUT2D eigenvalue weighted by atomic mass is 10.2. The number of non-ortho nitro benzene ring substituents is 1. The first kappa shape index (κ1) is 15.4. The molecule has 1 heterocycles. The van der Waals surface area contributed by atoms with Crippen molar-refractivity contribution in [2.24, 2.45) is 0 Å². The maximum atomic E-state index is 10.9. The van der Waals surface area contributed by atoms with Crippen molar-refractivity contribution in [2.75, 3.05) is 0 Å². The summed E-state index contributed by atoms with van der Waals surface area (Å²) >= 11 is 0. The molecule has 2 rings (SSSR count). The number of carboxylic acids is 1. The average molecular weight is 276 g/mol. The second-order valence-corrected chi connectivity index (χ2v) is 3.75. The fourth-order valence-electron chi connectivity index (χ4n) is 1.67. The summed E-state index contributed by atoms with van der Waals surface area (Å²) in [7, 11) is 0. The average Bonchev–Trinajstić information content (AvgIpc) is 2.90. The van der Waals surface area contributed by atoms with Crippen LogP contribution in [-0.2, 0) is 6.54 Å². The topological polar surface area (TPSA) is 85.4 Å². The van der Waals surface area contributed by atoms with Gasteiger partial charge >= 0.3 is 5.97 Å². The normalized spacial score (nSPS) is 9.50. The van der Waals surface area contributed by atoms with Gasteiger partial charge < -0.3 is 9.67 Å². The molecule has 0 saturated carbocycles. The highest BCUT2D eigenvalue weighted by Crippen LogP contribution is 2.14. The summed E-state index contributed by atoms with van der Waals surface area (Å²) in [5.74, 6) is -0.998. The third kappa shape index (κ3) is 3.68. The quantitative estimate of drug-likeness (QED) is 0.686. The van der Waals surface area contributed by atoms with Gasteiger partial charge in [-0.2, -0.15) is 0 Å². The van der Waals surface area contributed by atoms with Crippen LogP contribution in [0, 0.1) is 10.1 Å². The molecule has 0 bridgehead atoms. The van der Waals surface area contributed by atoms with Crippen molar-refractivity contribution in [2.45, 2.75) is 20.4 Å². The molecule has 106 valence electrons. The summed E-state index contributed by atoms with van der Waals surface area (Å²) in [5.41, 5.74) is 1.01. The number of benzene rings is 1. The fourth-order valence-corrected chi connectivity index (χ4v) is 1.67. The molecule has 1 aromatic heterocycles. The summed E-state index contributed by atoms with van der Waals surface area (Å²) < 4.78 is 1.57. The smallest absolute Gasteiger partial charge is 0.352 e. The van der Waals surface area contributed by atoms with Crippen LogP contribution >= 0.6 is 0 Å². The van der Waals surface area contributed by atoms with Gasteiger partial charge in [-0.3, -0.25) is 10.1 Å². The lowest BCUT2D eigenvalue weighted by Crippen LogP contribution is -2.08. The minimum atomic E-state index is -0.998. The fraction of sp³-hybridized carbons (Fsp3) is 0.214. The van der Waals surface area contributed by atoms with Crippen molar-refractivity contribution in [3.8, 4) is 0 Å². The molecule has 0 spiro atoms. The highest BCUT2D eigenvalue weighted by atomic mass is 16.6. The Morgan fingerprint density at radius 2 is 1.85 bits per heavy atom. The van der Waals surface area contributed by atoms with E-state index in [4.69, 9.17) is 5.11 Å². The predicted octanol–water partition coefficient (Wildman–Crippen LogP) is 3.17. The van der Waals surface area contributed by atoms with Gasteiger partial charge in [-0.05, 0) is 17.7 Å². The van der Waals surface area contributed by atoms with Gasteiger partial charge in [0.05, 0.1) is 4.92 Å². The predicted molar refractivity (Wildman–Crippen MR) is 74.9 cm³/mol. The molecule has 0 radical (unpaired) electrons. The minimum absolute atomic E-state index is 0.0183. The summed E-state index contributed by atoms with van der Waals surface area (Å²) in [6, 6.07) is 9.19. The number of nitro benzene ring substituents is 1. The van der Waals surface area contributed by atoms with Crippen LogP contribution in [0.3, 0.4) is 0 Å². The SMILES string of the molecule is CC.O=C(O)c1cccn1Cc1ccc([N+](=O)[O-])cc1. The van der Waals surface area contributed by atoms with E-state index in [1.165, 1.54) is 18.2 Å². The molecule has 0 aliphatic carbocycles. The lowest BCUT2D eigenvalue weighted by molar-refractivity contribution is -0.384. The molecule has 2 aromatic rings. The van der Waals surface area contributed by atoms with E-state index in [-0.39, 0.29) is 11.4 Å². The third-order valence-corrected chi connectivity index (χ3v) is 2.55. The number of nitro groups is 1. The molecule has 0 saturated heterocycles. The molecule has 0 aliphatic heterocycles. The monoisotopic (exact) mass is 276 g/mol. The van der Waals surface area contributed by atoms with E-state index in [1.807, 2.05) is 13.8 Å². The van der Waals surface area contributed by atoms with Crippen LogP contribution in [0.15, 0.2) is 42.6 Å². The molecular weight excluding hydrogens is 260 g/mol. The number of carboxylic acid groups (broad SMARTS) is 1. The molecule has 0 aliphatic rings. The number of rotatable bonds is 4. The first-order chi connectivity index (χ1) is 9.58. The largest absolute Gasteiger partial charge is 0.477 e. The molecule has 1 N–H and O–H groups in total. The highest BCUT2D eigenvalue weighted by molar-refractivity contribution is 5.85. The van der Waals surface area contributed by atoms with Gasteiger partial charge in [0, 0.05) is 24.9 Å². The number of hydrogen-bond donors (Lipinski definition) is 1. The van der Waals surface area contributed by atoms with Gasteiger partial charge in [-0.1, -0.05) is 26.0 Å². The van der Waals surface area contributed by atoms with E-state index in [9.17, 15) is 14.9 Å². The van der Waals surface area contributed by atoms with E-state index >= 15 is 0 Å². The van der Waals surface area contributed by atoms with Gasteiger partial charge in [0.25, 0.3) is 5.69 Å². The van der Waals surface area contributed by atoms with Crippen molar-refractivity contribution in [3.05, 3.63) is 64.0 Å². The molecule has 1 aromatic carbocycles. The van der Waals surface area contributed by atoms with Crippen LogP contribution in [0.25, 0.3) is 0 Å². The molecule has 6 nitrogen and oxygen atoms in total. The number of hydrogen-bond acceptors (Lipinski definition) is 3. The molecule has 20 heavy (non-hydrogen) atoms. The second kappa shape index (κ2) is 7.08. The Labute approximate surface area is 116 Å². The molecule has 0 unspecified atom stereocenters. The van der Waals surface area contributed by atoms with Crippen molar-refractivity contribution in [3.63, 3.8) is 0 Å². The number of carbonyl (C=O) groups is 1. The van der Waals surface area contributed by atoms with Gasteiger partial charge in [0.2, 0.25) is 0 Å². The molecule has 0 amide bonds. The maximum Gasteiger partial charge on any atom is 0.352 e. The third-order valence-electron chi connectivity index (χ3n) is 2.55. The Bertz CT molecular complexity index is 587. The van der Waals surface area contributed by atoms with Crippen LogP contribution in [0.1, 0.15) is 29.9 Å². The van der Waals surface area contributed by atoms with Crippen LogP contribution in [-0.4, -0.2) is 20.6 Å². The number of aromatic nitrogens is 1. The first-order valence-corrected chi connectivity index (χ1v) is 6.19. The number of nitrogens with zero attached hydrogens (tertiary/aromatic N) is 2. The molecule has 0 fully saturated rings. The van der Waals surface area contributed by atoms with Crippen LogP contribution in [0.4, 0.5) is 5.69 Å². The zero-order chi connectivity index (χ0) is 15.1. The summed E-state index contributed by atoms with van der Waals surface area (Å²) in [6.07, 6.45) is 1.66. The van der Waals surface area contributed by atoms with Crippen LogP contribution in [0.5, 0.6) is 0 Å². The molecule has 6 heteroatoms. The van der Waals surface area contributed by atoms with Crippen molar-refractivity contribution < 1.29 is 14.8 Å². The Morgan fingerprint density at radius 3 is 2.35 bits per heavy atom. The summed E-state index contributed by atoms with van der Waals surface area (Å²) in [4.78, 5) is 20.9. The Kier molecular flexibility index (Phi) is 5.46. The maximum absolute atomic E-state index is 10.9. The van der Waals surface area contributed by atoms with Crippen LogP contribution in [0.2, 0.25) is 0 Å². The van der Waals surface area contributed by atoms with Crippen molar-refractivity contribution >= 4 is 11.7 Å². The second-order valence-electron chi connectivity index (χ2n) is 3.75. The van der Waals surface area contributed by atoms with E-state index in [1.54, 1.807) is 29.0 Å². The molecule has 0 atom stereocenters. The molecular formula is C14H16N2O4. The zero-order valence-electron chi connectivity index (χ0n) is 11.3. The van der Waals surface area contributed by atoms with E-state index in [2.05, 4.69) is 0 Å². The van der Waals surface area contributed by atoms with Gasteiger partial charge in [0.1, 0.15) is 5.69 Å². The van der Waals surface area contributed by atoms with Crippen molar-refractivity contribution in [1.82, 2.24) is 4.57 Å². The lowest BCUT2D eigenvalue weighted by Gasteiger charge is -2.06. The Balaban J connectivity index is 0.000000956. The Hall–Kier alpha value is -2.63. The van der Waals surface area contributed by atoms with E-state index in [0.29, 0.717) is 6.54 Å². The van der Waals surface area contributed by atoms with Gasteiger partial charge in [-0.15, -0.1) is 0 Å². The van der Waals surface area contributed by atoms with Gasteiger partial charge in [0.15, 0.2) is 0 Å². The van der Waals surface area contributed by atoms with Crippen LogP contribution < -0.4 is 0 Å². The summed E-state index contributed by atoms with van der Waals surface area (Å²) in [6.45, 7) is 4.37. The van der Waals surface area contributed by atoms with E-state index in [0.717, 1.165) is 5.56 Å². The zero-order valence-corrected chi connectivity index (χ0v) is 11.3. The number of aromatic carboxylic acids is 1. The van der Waals surface area contributed by atoms with E-state index < -0.39 is 10.9 Å². The Morgan fingerprint density at radius 1 is 1.25 bits per heavy atom. The first-order valence-electron chi connectivity index (χ1n) is 6.19. The highest BCUT2D eigenvalue weighted by Gasteiger charge is 2.09.